The van der Waals surface area contributed by atoms with E-state index in [0.717, 1.165) is 22.2 Å². The molecule has 1 fully saturated rings. The van der Waals surface area contributed by atoms with Gasteiger partial charge in [0.1, 0.15) is 10.9 Å². The Bertz CT molecular complexity index is 1370. The van der Waals surface area contributed by atoms with Gasteiger partial charge < -0.3 is 14.6 Å². The highest BCUT2D eigenvalue weighted by Crippen LogP contribution is 2.41. The molecule has 37 heavy (non-hydrogen) atoms. The van der Waals surface area contributed by atoms with Crippen molar-refractivity contribution >= 4 is 73.8 Å². The lowest BCUT2D eigenvalue weighted by atomic mass is 10.1. The minimum atomic E-state index is -1.21. The summed E-state index contributed by atoms with van der Waals surface area (Å²) < 4.78 is 12.7. The number of benzene rings is 3. The number of carboxylic acids is 1. The molecule has 3 aromatic rings. The van der Waals surface area contributed by atoms with Crippen LogP contribution in [-0.2, 0) is 16.2 Å². The van der Waals surface area contributed by atoms with Gasteiger partial charge in [0.05, 0.1) is 16.0 Å². The molecule has 0 saturated carbocycles. The molecule has 3 aromatic carbocycles. The fraction of sp³-hybridized carbons (Fsp3) is 0.148. The van der Waals surface area contributed by atoms with Crippen molar-refractivity contribution in [3.8, 4) is 11.5 Å². The van der Waals surface area contributed by atoms with E-state index in [1.54, 1.807) is 60.7 Å². The van der Waals surface area contributed by atoms with Gasteiger partial charge >= 0.3 is 5.97 Å². The molecule has 6 nitrogen and oxygen atoms in total. The second-order valence-electron chi connectivity index (χ2n) is 7.88. The molecular weight excluding hydrogens is 598 g/mol. The summed E-state index contributed by atoms with van der Waals surface area (Å²) in [6, 6.07) is 18.3. The van der Waals surface area contributed by atoms with E-state index in [4.69, 9.17) is 33.3 Å². The van der Waals surface area contributed by atoms with E-state index in [9.17, 15) is 14.7 Å². The second-order valence-corrected chi connectivity index (χ2v) is 10.8. The van der Waals surface area contributed by atoms with Crippen molar-refractivity contribution in [1.82, 2.24) is 4.90 Å². The first-order valence-corrected chi connectivity index (χ1v) is 13.6. The predicted octanol–water partition coefficient (Wildman–Crippen LogP) is 7.11. The van der Waals surface area contributed by atoms with Gasteiger partial charge in [0.15, 0.2) is 17.5 Å². The first kappa shape index (κ1) is 27.2. The van der Waals surface area contributed by atoms with Crippen LogP contribution in [0.1, 0.15) is 29.7 Å². The number of thioether (sulfide) groups is 1. The molecule has 0 aromatic heterocycles. The van der Waals surface area contributed by atoms with Gasteiger partial charge in [-0.3, -0.25) is 9.69 Å². The Morgan fingerprint density at radius 2 is 1.86 bits per heavy atom. The number of carboxylic acid groups (broad SMARTS) is 1. The van der Waals surface area contributed by atoms with Gasteiger partial charge in [0, 0.05) is 5.02 Å². The third kappa shape index (κ3) is 6.35. The average molecular weight is 619 g/mol. The van der Waals surface area contributed by atoms with Gasteiger partial charge in [0.2, 0.25) is 0 Å². The molecule has 0 radical (unpaired) electrons. The highest BCUT2D eigenvalue weighted by molar-refractivity contribution is 9.10. The Morgan fingerprint density at radius 3 is 2.51 bits per heavy atom. The summed E-state index contributed by atoms with van der Waals surface area (Å²) in [5, 5.41) is 10.5. The number of hydrogen-bond donors (Lipinski definition) is 1. The lowest BCUT2D eigenvalue weighted by molar-refractivity contribution is -0.145. The maximum atomic E-state index is 13.3. The van der Waals surface area contributed by atoms with Crippen LogP contribution in [0.2, 0.25) is 5.02 Å². The largest absolute Gasteiger partial charge is 0.490 e. The summed E-state index contributed by atoms with van der Waals surface area (Å²) >= 11 is 16.0. The van der Waals surface area contributed by atoms with E-state index >= 15 is 0 Å². The number of nitrogens with zero attached hydrogens (tertiary/aromatic N) is 1. The van der Waals surface area contributed by atoms with Crippen LogP contribution in [0.15, 0.2) is 76.1 Å². The van der Waals surface area contributed by atoms with E-state index in [2.05, 4.69) is 15.9 Å². The van der Waals surface area contributed by atoms with Crippen LogP contribution in [0.5, 0.6) is 11.5 Å². The summed E-state index contributed by atoms with van der Waals surface area (Å²) in [4.78, 5) is 26.9. The molecule has 10 heteroatoms. The lowest BCUT2D eigenvalue weighted by Gasteiger charge is -2.23. The minimum Gasteiger partial charge on any atom is -0.490 e. The van der Waals surface area contributed by atoms with Crippen molar-refractivity contribution in [2.24, 2.45) is 0 Å². The van der Waals surface area contributed by atoms with Gasteiger partial charge in [-0.2, -0.15) is 0 Å². The fourth-order valence-electron chi connectivity index (χ4n) is 3.70. The van der Waals surface area contributed by atoms with Crippen molar-refractivity contribution in [1.29, 1.82) is 0 Å². The molecule has 1 heterocycles. The second kappa shape index (κ2) is 12.1. The fourth-order valence-corrected chi connectivity index (χ4v) is 5.71. The van der Waals surface area contributed by atoms with Crippen LogP contribution < -0.4 is 9.47 Å². The normalized spacial score (nSPS) is 15.2. The first-order chi connectivity index (χ1) is 17.8. The zero-order valence-electron chi connectivity index (χ0n) is 19.5. The number of aliphatic carboxylic acids is 1. The number of carbonyl (C=O) groups is 2. The molecule has 4 rings (SSSR count). The van der Waals surface area contributed by atoms with Crippen molar-refractivity contribution in [2.45, 2.75) is 19.6 Å². The molecular formula is C27H21BrClNO5S2. The molecule has 1 unspecified atom stereocenters. The summed E-state index contributed by atoms with van der Waals surface area (Å²) in [6.07, 6.45) is 1.67. The minimum absolute atomic E-state index is 0.180. The third-order valence-electron chi connectivity index (χ3n) is 5.36. The van der Waals surface area contributed by atoms with Crippen LogP contribution in [-0.4, -0.2) is 32.8 Å². The standard InChI is InChI=1S/C27H21BrClNO5S2/c1-2-34-21-13-17(12-20(28)24(21)35-15-16-8-10-19(29)11-9-16)14-22-25(31)30(27(36)37-22)23(26(32)33)18-6-4-3-5-7-18/h3-14,23H,2,15H2,1H3,(H,32,33)/b22-14-. The molecule has 1 aliphatic heterocycles. The summed E-state index contributed by atoms with van der Waals surface area (Å²) in [7, 11) is 0. The van der Waals surface area contributed by atoms with Crippen molar-refractivity contribution in [3.05, 3.63) is 97.8 Å². The van der Waals surface area contributed by atoms with E-state index in [1.165, 1.54) is 0 Å². The van der Waals surface area contributed by atoms with Gasteiger partial charge in [-0.1, -0.05) is 78.0 Å². The smallest absolute Gasteiger partial charge is 0.331 e. The number of thiocarbonyl (C=S) groups is 1. The average Bonchev–Trinajstić information content (AvgIpc) is 3.13. The van der Waals surface area contributed by atoms with Crippen LogP contribution in [0.3, 0.4) is 0 Å². The SMILES string of the molecule is CCOc1cc(/C=C2\SC(=S)N(C(C(=O)O)c3ccccc3)C2=O)cc(Br)c1OCc1ccc(Cl)cc1. The van der Waals surface area contributed by atoms with Gasteiger partial charge in [-0.15, -0.1) is 0 Å². The Kier molecular flexibility index (Phi) is 8.91. The topological polar surface area (TPSA) is 76.1 Å². The molecule has 0 aliphatic carbocycles. The summed E-state index contributed by atoms with van der Waals surface area (Å²) in [5.74, 6) is -0.604. The van der Waals surface area contributed by atoms with Crippen LogP contribution in [0.4, 0.5) is 0 Å². The maximum Gasteiger partial charge on any atom is 0.331 e. The van der Waals surface area contributed by atoms with E-state index in [-0.39, 0.29) is 4.32 Å². The number of halogens is 2. The number of ether oxygens (including phenoxy) is 2. The predicted molar refractivity (Wildman–Crippen MR) is 153 cm³/mol. The molecule has 1 saturated heterocycles. The van der Waals surface area contributed by atoms with Gasteiger partial charge in [0.25, 0.3) is 5.91 Å². The van der Waals surface area contributed by atoms with E-state index in [0.29, 0.717) is 50.2 Å². The lowest BCUT2D eigenvalue weighted by Crippen LogP contribution is -2.37. The molecule has 0 bridgehead atoms. The Balaban J connectivity index is 1.61. The number of amides is 1. The Labute approximate surface area is 237 Å². The van der Waals surface area contributed by atoms with Crippen LogP contribution in [0.25, 0.3) is 6.08 Å². The van der Waals surface area contributed by atoms with Crippen LogP contribution in [0, 0.1) is 0 Å². The molecule has 1 amide bonds. The summed E-state index contributed by atoms with van der Waals surface area (Å²) in [5.41, 5.74) is 2.08. The Morgan fingerprint density at radius 1 is 1.16 bits per heavy atom. The Hall–Kier alpha value is -2.85. The molecule has 1 N–H and O–H groups in total. The molecule has 1 aliphatic rings. The van der Waals surface area contributed by atoms with E-state index < -0.39 is 17.9 Å². The third-order valence-corrected chi connectivity index (χ3v) is 7.53. The zero-order valence-corrected chi connectivity index (χ0v) is 23.5. The van der Waals surface area contributed by atoms with E-state index in [1.807, 2.05) is 19.1 Å². The zero-order chi connectivity index (χ0) is 26.5. The van der Waals surface area contributed by atoms with Crippen molar-refractivity contribution in [3.63, 3.8) is 0 Å². The maximum absolute atomic E-state index is 13.3. The number of rotatable bonds is 9. The summed E-state index contributed by atoms with van der Waals surface area (Å²) in [6.45, 7) is 2.58. The highest BCUT2D eigenvalue weighted by atomic mass is 79.9. The van der Waals surface area contributed by atoms with Crippen molar-refractivity contribution in [2.75, 3.05) is 6.61 Å². The number of carbonyl (C=O) groups excluding carboxylic acids is 1. The quantitative estimate of drug-likeness (QED) is 0.202. The molecule has 0 spiro atoms. The van der Waals surface area contributed by atoms with Gasteiger partial charge in [-0.25, -0.2) is 4.79 Å². The molecule has 190 valence electrons. The van der Waals surface area contributed by atoms with Crippen LogP contribution >= 0.6 is 51.5 Å². The monoisotopic (exact) mass is 617 g/mol. The highest BCUT2D eigenvalue weighted by Gasteiger charge is 2.41. The van der Waals surface area contributed by atoms with Crippen molar-refractivity contribution < 1.29 is 24.2 Å². The van der Waals surface area contributed by atoms with Gasteiger partial charge in [-0.05, 0) is 69.9 Å². The first-order valence-electron chi connectivity index (χ1n) is 11.2. The molecule has 1 atom stereocenters. The number of hydrogen-bond acceptors (Lipinski definition) is 6.